The van der Waals surface area contributed by atoms with Crippen LogP contribution >= 0.6 is 0 Å². The molecule has 14 heavy (non-hydrogen) atoms. The Hall–Kier alpha value is 0.137. The Morgan fingerprint density at radius 1 is 1.14 bits per heavy atom. The summed E-state index contributed by atoms with van der Waals surface area (Å²) in [4.78, 5) is 0. The van der Waals surface area contributed by atoms with E-state index in [9.17, 15) is 0 Å². The van der Waals surface area contributed by atoms with Crippen LogP contribution in [0.1, 0.15) is 39.0 Å². The van der Waals surface area contributed by atoms with Crippen LogP contribution in [-0.2, 0) is 8.85 Å². The molecule has 84 valence electrons. The smallest absolute Gasteiger partial charge is 0.337 e. The van der Waals surface area contributed by atoms with E-state index in [1.807, 2.05) is 14.2 Å². The maximum absolute atomic E-state index is 5.60. The van der Waals surface area contributed by atoms with E-state index in [4.69, 9.17) is 8.85 Å². The van der Waals surface area contributed by atoms with Crippen LogP contribution in [0, 0.1) is 5.92 Å². The molecule has 0 aromatic heterocycles. The molecule has 0 bridgehead atoms. The van der Waals surface area contributed by atoms with Gasteiger partial charge in [0.05, 0.1) is 0 Å². The number of hydrogen-bond acceptors (Lipinski definition) is 2. The first-order chi connectivity index (χ1) is 6.76. The van der Waals surface area contributed by atoms with Crippen molar-refractivity contribution in [1.29, 1.82) is 0 Å². The van der Waals surface area contributed by atoms with E-state index in [1.165, 1.54) is 44.2 Å². The molecule has 0 saturated carbocycles. The van der Waals surface area contributed by atoms with Gasteiger partial charge in [0.1, 0.15) is 0 Å². The summed E-state index contributed by atoms with van der Waals surface area (Å²) in [6, 6.07) is 2.41. The molecule has 1 rings (SSSR count). The second kappa shape index (κ2) is 5.88. The first-order valence-electron chi connectivity index (χ1n) is 5.86. The molecule has 1 aliphatic rings. The molecule has 0 aliphatic carbocycles. The van der Waals surface area contributed by atoms with E-state index in [0.717, 1.165) is 5.92 Å². The lowest BCUT2D eigenvalue weighted by Gasteiger charge is -2.34. The minimum Gasteiger partial charge on any atom is -0.398 e. The van der Waals surface area contributed by atoms with Gasteiger partial charge in [0, 0.05) is 14.2 Å². The van der Waals surface area contributed by atoms with Crippen LogP contribution in [-0.4, -0.2) is 22.8 Å². The summed E-state index contributed by atoms with van der Waals surface area (Å²) in [5, 5.41) is 0. The number of hydrogen-bond donors (Lipinski definition) is 0. The van der Waals surface area contributed by atoms with Gasteiger partial charge in [0.25, 0.3) is 0 Å². The average molecular weight is 216 g/mol. The largest absolute Gasteiger partial charge is 0.398 e. The summed E-state index contributed by atoms with van der Waals surface area (Å²) in [5.74, 6) is 0.945. The molecule has 1 fully saturated rings. The molecule has 0 unspecified atom stereocenters. The van der Waals surface area contributed by atoms with E-state index in [-0.39, 0.29) is 0 Å². The van der Waals surface area contributed by atoms with Crippen LogP contribution in [0.5, 0.6) is 0 Å². The van der Waals surface area contributed by atoms with Crippen molar-refractivity contribution in [3.05, 3.63) is 0 Å². The first-order valence-corrected chi connectivity index (χ1v) is 8.09. The predicted octanol–water partition coefficient (Wildman–Crippen LogP) is 3.32. The SMILES string of the molecule is CCCCC1CC[Si](OC)(OC)CC1. The highest BCUT2D eigenvalue weighted by Crippen LogP contribution is 2.35. The zero-order chi connectivity index (χ0) is 10.4. The van der Waals surface area contributed by atoms with Gasteiger partial charge in [-0.25, -0.2) is 0 Å². The minimum atomic E-state index is -1.71. The third-order valence-corrected chi connectivity index (χ3v) is 7.17. The van der Waals surface area contributed by atoms with Crippen LogP contribution in [0.3, 0.4) is 0 Å². The molecule has 0 aromatic carbocycles. The third-order valence-electron chi connectivity index (χ3n) is 3.58. The Kier molecular flexibility index (Phi) is 5.13. The normalized spacial score (nSPS) is 22.5. The van der Waals surface area contributed by atoms with Gasteiger partial charge in [-0.1, -0.05) is 26.2 Å². The Labute approximate surface area is 89.2 Å². The van der Waals surface area contributed by atoms with Crippen molar-refractivity contribution in [2.24, 2.45) is 5.92 Å². The van der Waals surface area contributed by atoms with Crippen molar-refractivity contribution in [3.8, 4) is 0 Å². The van der Waals surface area contributed by atoms with E-state index in [0.29, 0.717) is 0 Å². The van der Waals surface area contributed by atoms with Crippen LogP contribution in [0.15, 0.2) is 0 Å². The molecule has 0 aromatic rings. The van der Waals surface area contributed by atoms with Gasteiger partial charge in [0.15, 0.2) is 0 Å². The monoisotopic (exact) mass is 216 g/mol. The van der Waals surface area contributed by atoms with Crippen LogP contribution in [0.25, 0.3) is 0 Å². The Balaban J connectivity index is 2.29. The summed E-state index contributed by atoms with van der Waals surface area (Å²) in [5.41, 5.74) is 0. The van der Waals surface area contributed by atoms with Crippen molar-refractivity contribution in [2.45, 2.75) is 51.1 Å². The molecule has 1 heterocycles. The van der Waals surface area contributed by atoms with Gasteiger partial charge < -0.3 is 8.85 Å². The summed E-state index contributed by atoms with van der Waals surface area (Å²) >= 11 is 0. The van der Waals surface area contributed by atoms with Crippen molar-refractivity contribution in [1.82, 2.24) is 0 Å². The fourth-order valence-corrected chi connectivity index (χ4v) is 5.32. The van der Waals surface area contributed by atoms with Gasteiger partial charge in [-0.2, -0.15) is 0 Å². The van der Waals surface area contributed by atoms with Gasteiger partial charge in [-0.3, -0.25) is 0 Å². The molecule has 2 nitrogen and oxygen atoms in total. The highest BCUT2D eigenvalue weighted by atomic mass is 28.4. The predicted molar refractivity (Wildman–Crippen MR) is 61.6 cm³/mol. The third kappa shape index (κ3) is 3.07. The fourth-order valence-electron chi connectivity index (χ4n) is 2.39. The van der Waals surface area contributed by atoms with Crippen molar-refractivity contribution in [2.75, 3.05) is 14.2 Å². The maximum Gasteiger partial charge on any atom is 0.337 e. The van der Waals surface area contributed by atoms with Crippen LogP contribution < -0.4 is 0 Å². The minimum absolute atomic E-state index is 0.945. The van der Waals surface area contributed by atoms with Crippen LogP contribution in [0.2, 0.25) is 12.1 Å². The highest BCUT2D eigenvalue weighted by molar-refractivity contribution is 6.67. The van der Waals surface area contributed by atoms with E-state index in [1.54, 1.807) is 0 Å². The highest BCUT2D eigenvalue weighted by Gasteiger charge is 2.39. The van der Waals surface area contributed by atoms with Gasteiger partial charge in [0.2, 0.25) is 0 Å². The van der Waals surface area contributed by atoms with Crippen LogP contribution in [0.4, 0.5) is 0 Å². The molecule has 0 atom stereocenters. The lowest BCUT2D eigenvalue weighted by Crippen LogP contribution is -2.43. The summed E-state index contributed by atoms with van der Waals surface area (Å²) < 4.78 is 11.2. The number of rotatable bonds is 5. The van der Waals surface area contributed by atoms with E-state index in [2.05, 4.69) is 6.92 Å². The molecule has 1 saturated heterocycles. The molecule has 1 aliphatic heterocycles. The van der Waals surface area contributed by atoms with E-state index < -0.39 is 8.56 Å². The second-order valence-electron chi connectivity index (χ2n) is 4.40. The lowest BCUT2D eigenvalue weighted by molar-refractivity contribution is 0.219. The first kappa shape index (κ1) is 12.2. The fraction of sp³-hybridized carbons (Fsp3) is 1.00. The maximum atomic E-state index is 5.60. The zero-order valence-corrected chi connectivity index (χ0v) is 10.8. The second-order valence-corrected chi connectivity index (χ2v) is 8.04. The van der Waals surface area contributed by atoms with Gasteiger partial charge in [-0.15, -0.1) is 0 Å². The zero-order valence-electron chi connectivity index (χ0n) is 9.84. The van der Waals surface area contributed by atoms with Crippen molar-refractivity contribution >= 4 is 8.56 Å². The molecule has 3 heteroatoms. The van der Waals surface area contributed by atoms with Gasteiger partial charge in [-0.05, 0) is 30.8 Å². The van der Waals surface area contributed by atoms with Crippen molar-refractivity contribution in [3.63, 3.8) is 0 Å². The molecule has 0 N–H and O–H groups in total. The Morgan fingerprint density at radius 3 is 2.14 bits per heavy atom. The lowest BCUT2D eigenvalue weighted by atomic mass is 9.96. The van der Waals surface area contributed by atoms with Gasteiger partial charge >= 0.3 is 8.56 Å². The Bertz CT molecular complexity index is 147. The quantitative estimate of drug-likeness (QED) is 0.656. The number of unbranched alkanes of at least 4 members (excludes halogenated alkanes) is 1. The van der Waals surface area contributed by atoms with E-state index >= 15 is 0 Å². The summed E-state index contributed by atoms with van der Waals surface area (Å²) in [7, 11) is 1.93. The molecular formula is C11H24O2Si. The standard InChI is InChI=1S/C11H24O2Si/c1-4-5-6-11-7-9-14(12-2,13-3)10-8-11/h11H,4-10H2,1-3H3. The molecule has 0 radical (unpaired) electrons. The van der Waals surface area contributed by atoms with Crippen molar-refractivity contribution < 1.29 is 8.85 Å². The molecule has 0 spiro atoms. The average Bonchev–Trinajstić information content (AvgIpc) is 2.27. The summed E-state index contributed by atoms with van der Waals surface area (Å²) in [6.45, 7) is 2.27. The molecule has 0 amide bonds. The Morgan fingerprint density at radius 2 is 1.71 bits per heavy atom. The summed E-state index contributed by atoms with van der Waals surface area (Å²) in [6.07, 6.45) is 6.78. The topological polar surface area (TPSA) is 18.5 Å². The molecular weight excluding hydrogens is 192 g/mol.